The van der Waals surface area contributed by atoms with E-state index in [1.54, 1.807) is 6.07 Å². The summed E-state index contributed by atoms with van der Waals surface area (Å²) in [5.41, 5.74) is 3.88. The van der Waals surface area contributed by atoms with Gasteiger partial charge >= 0.3 is 6.18 Å². The maximum absolute atomic E-state index is 13.4. The molecular formula is C26H23F3N6O. The van der Waals surface area contributed by atoms with E-state index in [0.717, 1.165) is 47.5 Å². The Bertz CT molecular complexity index is 1350. The van der Waals surface area contributed by atoms with Crippen molar-refractivity contribution in [3.05, 3.63) is 94.5 Å². The molecule has 36 heavy (non-hydrogen) atoms. The first-order chi connectivity index (χ1) is 17.3. The predicted octanol–water partition coefficient (Wildman–Crippen LogP) is 5.13. The normalized spacial score (nSPS) is 14.6. The highest BCUT2D eigenvalue weighted by Gasteiger charge is 2.31. The summed E-state index contributed by atoms with van der Waals surface area (Å²) in [5, 5.41) is 20.3. The van der Waals surface area contributed by atoms with Gasteiger partial charge in [0.05, 0.1) is 22.9 Å². The summed E-state index contributed by atoms with van der Waals surface area (Å²) in [5.74, 6) is -0.0941. The minimum atomic E-state index is -4.44. The van der Waals surface area contributed by atoms with Crippen molar-refractivity contribution in [2.45, 2.75) is 31.5 Å². The molecule has 0 aliphatic carbocycles. The molecule has 5 rings (SSSR count). The lowest BCUT2D eigenvalue weighted by Crippen LogP contribution is -2.32. The van der Waals surface area contributed by atoms with E-state index < -0.39 is 17.8 Å². The quantitative estimate of drug-likeness (QED) is 0.347. The summed E-state index contributed by atoms with van der Waals surface area (Å²) in [6.07, 6.45) is -3.61. The maximum atomic E-state index is 13.4. The minimum Gasteiger partial charge on any atom is -0.384 e. The molecule has 1 aromatic heterocycles. The highest BCUT2D eigenvalue weighted by atomic mass is 19.4. The van der Waals surface area contributed by atoms with Crippen LogP contribution in [0.5, 0.6) is 0 Å². The summed E-state index contributed by atoms with van der Waals surface area (Å²) >= 11 is 0. The second-order valence-corrected chi connectivity index (χ2v) is 8.73. The van der Waals surface area contributed by atoms with Crippen LogP contribution in [0.4, 0.5) is 18.9 Å². The van der Waals surface area contributed by atoms with E-state index in [0.29, 0.717) is 17.0 Å². The van der Waals surface area contributed by atoms with Crippen molar-refractivity contribution in [2.24, 2.45) is 0 Å². The number of para-hydroxylation sites is 1. The van der Waals surface area contributed by atoms with Crippen LogP contribution in [0.1, 0.15) is 51.5 Å². The number of benzene rings is 3. The average Bonchev–Trinajstić information content (AvgIpc) is 3.59. The van der Waals surface area contributed by atoms with E-state index in [9.17, 15) is 18.0 Å². The van der Waals surface area contributed by atoms with Crippen LogP contribution in [0.25, 0.3) is 11.4 Å². The zero-order chi connectivity index (χ0) is 25.3. The van der Waals surface area contributed by atoms with Crippen molar-refractivity contribution in [2.75, 3.05) is 11.9 Å². The molecule has 3 N–H and O–H groups in total. The van der Waals surface area contributed by atoms with Gasteiger partial charge in [0.2, 0.25) is 5.82 Å². The Balaban J connectivity index is 1.47. The number of amides is 1. The molecule has 0 spiro atoms. The molecule has 0 bridgehead atoms. The minimum absolute atomic E-state index is 0.255. The summed E-state index contributed by atoms with van der Waals surface area (Å²) in [7, 11) is 0. The highest BCUT2D eigenvalue weighted by molar-refractivity contribution is 6.01. The first kappa shape index (κ1) is 23.5. The third kappa shape index (κ3) is 4.66. The fourth-order valence-electron chi connectivity index (χ4n) is 4.54. The zero-order valence-corrected chi connectivity index (χ0v) is 19.3. The predicted molar refractivity (Wildman–Crippen MR) is 128 cm³/mol. The molecule has 1 amide bonds. The number of aromatic amines is 1. The second kappa shape index (κ2) is 9.44. The monoisotopic (exact) mass is 492 g/mol. The lowest BCUT2D eigenvalue weighted by molar-refractivity contribution is -0.137. The number of aromatic nitrogens is 4. The van der Waals surface area contributed by atoms with Gasteiger partial charge in [0, 0.05) is 18.0 Å². The van der Waals surface area contributed by atoms with Crippen molar-refractivity contribution < 1.29 is 18.0 Å². The molecule has 2 heterocycles. The molecule has 0 fully saturated rings. The van der Waals surface area contributed by atoms with E-state index >= 15 is 0 Å². The number of nitrogens with zero attached hydrogens (tertiary/aromatic N) is 3. The van der Waals surface area contributed by atoms with Gasteiger partial charge in [0.25, 0.3) is 5.91 Å². The number of tetrazole rings is 1. The summed E-state index contributed by atoms with van der Waals surface area (Å²) in [4.78, 5) is 13.4. The number of carbonyl (C=O) groups is 1. The van der Waals surface area contributed by atoms with Crippen LogP contribution in [0, 0.1) is 0 Å². The Labute approximate surface area is 205 Å². The molecule has 3 aromatic carbocycles. The third-order valence-electron chi connectivity index (χ3n) is 6.52. The van der Waals surface area contributed by atoms with E-state index in [1.807, 2.05) is 43.3 Å². The standard InChI is InChI=1S/C26H23F3N6O/c1-15(16-5-7-19(8-6-16)24-32-34-35-33-24)22(18-9-11-20(12-10-18)26(27,28)29)31-25(36)21-4-2-3-17-13-14-30-23(17)21/h2-12,15,22,30H,13-14H2,1H3,(H,31,36)(H,32,33,34,35)/t15?,22-/m0/s1. The van der Waals surface area contributed by atoms with Crippen LogP contribution >= 0.6 is 0 Å². The number of hydrogen-bond acceptors (Lipinski definition) is 5. The molecule has 0 saturated heterocycles. The maximum Gasteiger partial charge on any atom is 0.416 e. The number of alkyl halides is 3. The number of carbonyl (C=O) groups excluding carboxylic acids is 1. The SMILES string of the molecule is CC(c1ccc(-c2nn[nH]n2)cc1)[C@H](NC(=O)c1cccc2c1NCC2)c1ccc(C(F)(F)F)cc1. The Morgan fingerprint density at radius 2 is 1.72 bits per heavy atom. The van der Waals surface area contributed by atoms with E-state index in [-0.39, 0.29) is 11.8 Å². The van der Waals surface area contributed by atoms with Crippen LogP contribution in [-0.4, -0.2) is 33.1 Å². The molecule has 1 unspecified atom stereocenters. The Kier molecular flexibility index (Phi) is 6.17. The molecule has 4 aromatic rings. The van der Waals surface area contributed by atoms with Gasteiger partial charge in [-0.1, -0.05) is 55.5 Å². The topological polar surface area (TPSA) is 95.6 Å². The fourth-order valence-corrected chi connectivity index (χ4v) is 4.54. The highest BCUT2D eigenvalue weighted by Crippen LogP contribution is 2.35. The van der Waals surface area contributed by atoms with Crippen LogP contribution in [0.15, 0.2) is 66.7 Å². The average molecular weight is 493 g/mol. The molecule has 1 aliphatic heterocycles. The second-order valence-electron chi connectivity index (χ2n) is 8.73. The van der Waals surface area contributed by atoms with Crippen molar-refractivity contribution in [1.29, 1.82) is 0 Å². The number of fused-ring (bicyclic) bond motifs is 1. The molecule has 1 aliphatic rings. The first-order valence-corrected chi connectivity index (χ1v) is 11.5. The number of nitrogens with one attached hydrogen (secondary N) is 3. The number of rotatable bonds is 6. The van der Waals surface area contributed by atoms with Crippen molar-refractivity contribution in [1.82, 2.24) is 25.9 Å². The molecule has 0 saturated carbocycles. The fraction of sp³-hybridized carbons (Fsp3) is 0.231. The molecule has 10 heteroatoms. The van der Waals surface area contributed by atoms with Gasteiger partial charge in [-0.2, -0.15) is 18.4 Å². The molecular weight excluding hydrogens is 469 g/mol. The van der Waals surface area contributed by atoms with Gasteiger partial charge in [-0.05, 0) is 46.5 Å². The molecule has 184 valence electrons. The van der Waals surface area contributed by atoms with Gasteiger partial charge in [0.15, 0.2) is 0 Å². The Morgan fingerprint density at radius 1 is 1.00 bits per heavy atom. The van der Waals surface area contributed by atoms with Crippen molar-refractivity contribution in [3.8, 4) is 11.4 Å². The van der Waals surface area contributed by atoms with E-state index in [4.69, 9.17) is 0 Å². The lowest BCUT2D eigenvalue weighted by atomic mass is 9.87. The van der Waals surface area contributed by atoms with Gasteiger partial charge in [-0.15, -0.1) is 10.2 Å². The van der Waals surface area contributed by atoms with Gasteiger partial charge in [-0.25, -0.2) is 0 Å². The van der Waals surface area contributed by atoms with Crippen LogP contribution in [-0.2, 0) is 12.6 Å². The van der Waals surface area contributed by atoms with E-state index in [1.165, 1.54) is 12.1 Å². The van der Waals surface area contributed by atoms with E-state index in [2.05, 4.69) is 31.3 Å². The van der Waals surface area contributed by atoms with Gasteiger partial charge in [0.1, 0.15) is 0 Å². The Morgan fingerprint density at radius 3 is 2.39 bits per heavy atom. The van der Waals surface area contributed by atoms with Gasteiger partial charge < -0.3 is 10.6 Å². The summed E-state index contributed by atoms with van der Waals surface area (Å²) in [6, 6.07) is 17.4. The molecule has 0 radical (unpaired) electrons. The summed E-state index contributed by atoms with van der Waals surface area (Å²) in [6.45, 7) is 2.69. The van der Waals surface area contributed by atoms with Crippen LogP contribution in [0.3, 0.4) is 0 Å². The molecule has 7 nitrogen and oxygen atoms in total. The number of H-pyrrole nitrogens is 1. The number of hydrogen-bond donors (Lipinski definition) is 3. The van der Waals surface area contributed by atoms with Crippen molar-refractivity contribution >= 4 is 11.6 Å². The Hall–Kier alpha value is -4.21. The number of halogens is 3. The van der Waals surface area contributed by atoms with Gasteiger partial charge in [-0.3, -0.25) is 4.79 Å². The third-order valence-corrected chi connectivity index (χ3v) is 6.52. The summed E-state index contributed by atoms with van der Waals surface area (Å²) < 4.78 is 39.5. The van der Waals surface area contributed by atoms with Crippen LogP contribution in [0.2, 0.25) is 0 Å². The van der Waals surface area contributed by atoms with Crippen LogP contribution < -0.4 is 10.6 Å². The smallest absolute Gasteiger partial charge is 0.384 e. The number of anilines is 1. The zero-order valence-electron chi connectivity index (χ0n) is 19.3. The molecule has 2 atom stereocenters. The largest absolute Gasteiger partial charge is 0.416 e. The lowest BCUT2D eigenvalue weighted by Gasteiger charge is -2.27. The van der Waals surface area contributed by atoms with Crippen molar-refractivity contribution in [3.63, 3.8) is 0 Å². The first-order valence-electron chi connectivity index (χ1n) is 11.5.